The van der Waals surface area contributed by atoms with Gasteiger partial charge in [0.25, 0.3) is 0 Å². The molecule has 0 spiro atoms. The third-order valence-corrected chi connectivity index (χ3v) is 4.82. The van der Waals surface area contributed by atoms with E-state index in [0.717, 1.165) is 11.3 Å². The monoisotopic (exact) mass is 386 g/mol. The number of rotatable bonds is 5. The second-order valence-electron chi connectivity index (χ2n) is 6.32. The molecule has 140 valence electrons. The predicted molar refractivity (Wildman–Crippen MR) is 103 cm³/mol. The zero-order valence-corrected chi connectivity index (χ0v) is 15.5. The van der Waals surface area contributed by atoms with Crippen molar-refractivity contribution in [2.24, 2.45) is 5.92 Å². The highest BCUT2D eigenvalue weighted by atomic mass is 35.5. The summed E-state index contributed by atoms with van der Waals surface area (Å²) in [5, 5.41) is 5.85. The molecule has 1 aliphatic heterocycles. The molecular formula is C20H19ClN2O4. The van der Waals surface area contributed by atoms with Gasteiger partial charge in [0.1, 0.15) is 0 Å². The molecule has 2 N–H and O–H groups in total. The van der Waals surface area contributed by atoms with Gasteiger partial charge in [-0.3, -0.25) is 9.59 Å². The average molecular weight is 387 g/mol. The Morgan fingerprint density at radius 1 is 1.26 bits per heavy atom. The first-order valence-electron chi connectivity index (χ1n) is 8.54. The first-order valence-corrected chi connectivity index (χ1v) is 8.92. The number of para-hydroxylation sites is 1. The normalized spacial score (nSPS) is 15.5. The molecule has 0 aromatic heterocycles. The zero-order chi connectivity index (χ0) is 19.4. The number of nitrogens with one attached hydrogen (secondary N) is 2. The first-order chi connectivity index (χ1) is 13.0. The van der Waals surface area contributed by atoms with Crippen molar-refractivity contribution < 1.29 is 19.1 Å². The zero-order valence-electron chi connectivity index (χ0n) is 14.8. The highest BCUT2D eigenvalue weighted by Crippen LogP contribution is 2.28. The number of halogens is 1. The Kier molecular flexibility index (Phi) is 5.76. The van der Waals surface area contributed by atoms with Gasteiger partial charge in [-0.05, 0) is 42.7 Å². The quantitative estimate of drug-likeness (QED) is 0.768. The molecule has 1 aliphatic rings. The van der Waals surface area contributed by atoms with E-state index < -0.39 is 5.97 Å². The van der Waals surface area contributed by atoms with E-state index in [2.05, 4.69) is 15.4 Å². The van der Waals surface area contributed by atoms with Crippen LogP contribution >= 0.6 is 11.6 Å². The van der Waals surface area contributed by atoms with Gasteiger partial charge in [-0.2, -0.15) is 0 Å². The van der Waals surface area contributed by atoms with Crippen LogP contribution in [0.25, 0.3) is 0 Å². The molecule has 6 nitrogen and oxygen atoms in total. The maximum absolute atomic E-state index is 12.3. The third kappa shape index (κ3) is 4.46. The van der Waals surface area contributed by atoms with Crippen LogP contribution < -0.4 is 10.6 Å². The van der Waals surface area contributed by atoms with Crippen LogP contribution in [0, 0.1) is 5.92 Å². The fourth-order valence-corrected chi connectivity index (χ4v) is 3.24. The average Bonchev–Trinajstić information content (AvgIpc) is 2.67. The van der Waals surface area contributed by atoms with E-state index in [1.165, 1.54) is 19.2 Å². The van der Waals surface area contributed by atoms with Crippen LogP contribution in [0.15, 0.2) is 42.5 Å². The molecule has 2 aromatic carbocycles. The van der Waals surface area contributed by atoms with Crippen LogP contribution in [0.2, 0.25) is 5.02 Å². The van der Waals surface area contributed by atoms with Crippen LogP contribution in [0.1, 0.15) is 28.8 Å². The molecular weight excluding hydrogens is 368 g/mol. The number of esters is 1. The Balaban J connectivity index is 1.59. The molecule has 2 amide bonds. The summed E-state index contributed by atoms with van der Waals surface area (Å²) in [6.45, 7) is 0. The molecule has 0 fully saturated rings. The molecule has 0 aliphatic carbocycles. The van der Waals surface area contributed by atoms with E-state index in [-0.39, 0.29) is 34.7 Å². The lowest BCUT2D eigenvalue weighted by Crippen LogP contribution is -2.30. The summed E-state index contributed by atoms with van der Waals surface area (Å²) in [7, 11) is 1.26. The van der Waals surface area contributed by atoms with Crippen LogP contribution in [-0.2, 0) is 20.7 Å². The Bertz CT molecular complexity index is 897. The Labute approximate surface area is 161 Å². The van der Waals surface area contributed by atoms with Crippen molar-refractivity contribution in [1.82, 2.24) is 0 Å². The summed E-state index contributed by atoms with van der Waals surface area (Å²) in [6.07, 6.45) is 1.24. The van der Waals surface area contributed by atoms with Gasteiger partial charge < -0.3 is 15.4 Å². The molecule has 1 unspecified atom stereocenters. The lowest BCUT2D eigenvalue weighted by molar-refractivity contribution is -0.121. The van der Waals surface area contributed by atoms with Crippen LogP contribution in [0.3, 0.4) is 0 Å². The van der Waals surface area contributed by atoms with E-state index in [1.807, 2.05) is 24.3 Å². The molecule has 0 radical (unpaired) electrons. The third-order valence-electron chi connectivity index (χ3n) is 4.49. The highest BCUT2D eigenvalue weighted by Gasteiger charge is 2.26. The number of benzene rings is 2. The Morgan fingerprint density at radius 3 is 2.81 bits per heavy atom. The number of carbonyl (C=O) groups is 3. The fraction of sp³-hybridized carbons (Fsp3) is 0.250. The second-order valence-corrected chi connectivity index (χ2v) is 6.73. The summed E-state index contributed by atoms with van der Waals surface area (Å²) in [5.74, 6) is -1.13. The molecule has 0 bridgehead atoms. The van der Waals surface area contributed by atoms with E-state index in [0.29, 0.717) is 18.5 Å². The molecule has 3 rings (SSSR count). The maximum atomic E-state index is 12.3. The lowest BCUT2D eigenvalue weighted by atomic mass is 9.89. The summed E-state index contributed by atoms with van der Waals surface area (Å²) in [6, 6.07) is 12.3. The Hall–Kier alpha value is -2.86. The molecule has 1 heterocycles. The number of hydrogen-bond acceptors (Lipinski definition) is 4. The summed E-state index contributed by atoms with van der Waals surface area (Å²) < 4.78 is 4.66. The number of anilines is 2. The van der Waals surface area contributed by atoms with Crippen LogP contribution in [0.4, 0.5) is 11.4 Å². The molecule has 0 saturated heterocycles. The molecule has 1 atom stereocenters. The summed E-state index contributed by atoms with van der Waals surface area (Å²) >= 11 is 5.97. The minimum Gasteiger partial charge on any atom is -0.465 e. The number of ether oxygens (including phenoxy) is 1. The van der Waals surface area contributed by atoms with Crippen molar-refractivity contribution in [1.29, 1.82) is 0 Å². The van der Waals surface area contributed by atoms with E-state index in [1.54, 1.807) is 6.07 Å². The maximum Gasteiger partial charge on any atom is 0.339 e. The number of fused-ring (bicyclic) bond motifs is 1. The minimum atomic E-state index is -0.575. The Morgan fingerprint density at radius 2 is 2.04 bits per heavy atom. The molecule has 7 heteroatoms. The fourth-order valence-electron chi connectivity index (χ4n) is 3.04. The van der Waals surface area contributed by atoms with E-state index in [4.69, 9.17) is 11.6 Å². The highest BCUT2D eigenvalue weighted by molar-refractivity contribution is 6.33. The van der Waals surface area contributed by atoms with E-state index in [9.17, 15) is 14.4 Å². The minimum absolute atomic E-state index is 0.0685. The van der Waals surface area contributed by atoms with Gasteiger partial charge in [0.2, 0.25) is 11.8 Å². The van der Waals surface area contributed by atoms with Gasteiger partial charge in [-0.1, -0.05) is 29.8 Å². The lowest BCUT2D eigenvalue weighted by Gasteiger charge is -2.24. The largest absolute Gasteiger partial charge is 0.465 e. The van der Waals surface area contributed by atoms with Crippen LogP contribution in [-0.4, -0.2) is 24.9 Å². The van der Waals surface area contributed by atoms with Gasteiger partial charge in [0.15, 0.2) is 0 Å². The molecule has 2 aromatic rings. The van der Waals surface area contributed by atoms with Gasteiger partial charge in [0, 0.05) is 23.7 Å². The van der Waals surface area contributed by atoms with Crippen molar-refractivity contribution >= 4 is 40.8 Å². The summed E-state index contributed by atoms with van der Waals surface area (Å²) in [5.41, 5.74) is 2.53. The predicted octanol–water partition coefficient (Wildman–Crippen LogP) is 3.66. The first kappa shape index (κ1) is 18.9. The van der Waals surface area contributed by atoms with Crippen molar-refractivity contribution in [3.8, 4) is 0 Å². The summed E-state index contributed by atoms with van der Waals surface area (Å²) in [4.78, 5) is 36.1. The van der Waals surface area contributed by atoms with Gasteiger partial charge in [-0.15, -0.1) is 0 Å². The van der Waals surface area contributed by atoms with Crippen molar-refractivity contribution in [2.45, 2.75) is 19.3 Å². The van der Waals surface area contributed by atoms with Crippen molar-refractivity contribution in [2.75, 3.05) is 17.7 Å². The molecule has 0 saturated carbocycles. The number of amides is 2. The van der Waals surface area contributed by atoms with Gasteiger partial charge in [-0.25, -0.2) is 4.79 Å². The van der Waals surface area contributed by atoms with Crippen molar-refractivity contribution in [3.05, 3.63) is 58.6 Å². The standard InChI is InChI=1S/C20H19ClN2O4/c1-27-20(26)15-11-14(7-8-16(15)21)22-18(24)9-6-13-10-12-4-2-3-5-17(12)23-19(13)25/h2-5,7-8,11,13H,6,9-10H2,1H3,(H,22,24)(H,23,25). The van der Waals surface area contributed by atoms with Gasteiger partial charge >= 0.3 is 5.97 Å². The SMILES string of the molecule is COC(=O)c1cc(NC(=O)CCC2Cc3ccccc3NC2=O)ccc1Cl. The van der Waals surface area contributed by atoms with E-state index >= 15 is 0 Å². The van der Waals surface area contributed by atoms with Crippen molar-refractivity contribution in [3.63, 3.8) is 0 Å². The molecule has 27 heavy (non-hydrogen) atoms. The van der Waals surface area contributed by atoms with Crippen LogP contribution in [0.5, 0.6) is 0 Å². The second kappa shape index (κ2) is 8.22. The number of carbonyl (C=O) groups excluding carboxylic acids is 3. The topological polar surface area (TPSA) is 84.5 Å². The van der Waals surface area contributed by atoms with Gasteiger partial charge in [0.05, 0.1) is 17.7 Å². The number of hydrogen-bond donors (Lipinski definition) is 2. The smallest absolute Gasteiger partial charge is 0.339 e. The number of methoxy groups -OCH3 is 1.